The number of carbonyl (C=O) groups excluding carboxylic acids is 2. The average molecular weight is 540 g/mol. The van der Waals surface area contributed by atoms with E-state index in [2.05, 4.69) is 26.2 Å². The number of benzene rings is 2. The first-order chi connectivity index (χ1) is 16.4. The van der Waals surface area contributed by atoms with E-state index in [1.807, 2.05) is 31.2 Å². The monoisotopic (exact) mass is 539 g/mol. The molecule has 174 valence electrons. The standard InChI is InChI=1S/C25H22BrN3O4S/c1-3-19-21(15-5-9-17(26)10-6-15)22-23(34-19)27-14-29(24(22)31)13-20(30)28-18-11-7-16(8-12-18)25(32)33-4-2/h5-12,14H,3-4,13H2,1-2H3,(H,28,30). The van der Waals surface area contributed by atoms with E-state index in [9.17, 15) is 14.4 Å². The highest BCUT2D eigenvalue weighted by atomic mass is 79.9. The van der Waals surface area contributed by atoms with Crippen molar-refractivity contribution in [3.8, 4) is 11.1 Å². The number of halogens is 1. The van der Waals surface area contributed by atoms with Crippen molar-refractivity contribution in [2.24, 2.45) is 0 Å². The number of thiophene rings is 1. The van der Waals surface area contributed by atoms with Gasteiger partial charge in [0.05, 0.1) is 23.9 Å². The summed E-state index contributed by atoms with van der Waals surface area (Å²) in [6.07, 6.45) is 2.18. The van der Waals surface area contributed by atoms with Crippen LogP contribution in [-0.4, -0.2) is 28.0 Å². The molecule has 2 aromatic carbocycles. The molecule has 4 aromatic rings. The summed E-state index contributed by atoms with van der Waals surface area (Å²) < 4.78 is 7.23. The molecule has 4 rings (SSSR count). The molecule has 0 aliphatic rings. The smallest absolute Gasteiger partial charge is 0.338 e. The van der Waals surface area contributed by atoms with Gasteiger partial charge in [0.25, 0.3) is 5.56 Å². The number of amides is 1. The molecule has 0 unspecified atom stereocenters. The topological polar surface area (TPSA) is 90.3 Å². The van der Waals surface area contributed by atoms with E-state index in [4.69, 9.17) is 4.74 Å². The summed E-state index contributed by atoms with van der Waals surface area (Å²) in [5, 5.41) is 3.28. The number of nitrogens with one attached hydrogen (secondary N) is 1. The minimum absolute atomic E-state index is 0.182. The molecule has 0 aliphatic heterocycles. The minimum Gasteiger partial charge on any atom is -0.462 e. The van der Waals surface area contributed by atoms with Crippen molar-refractivity contribution < 1.29 is 14.3 Å². The van der Waals surface area contributed by atoms with Crippen LogP contribution in [0.3, 0.4) is 0 Å². The molecule has 0 aliphatic carbocycles. The number of rotatable bonds is 7. The maximum atomic E-state index is 13.4. The van der Waals surface area contributed by atoms with E-state index in [0.717, 1.165) is 26.9 Å². The third-order valence-electron chi connectivity index (χ3n) is 5.20. The Morgan fingerprint density at radius 2 is 1.79 bits per heavy atom. The largest absolute Gasteiger partial charge is 0.462 e. The Balaban J connectivity index is 1.60. The molecule has 1 amide bonds. The number of ether oxygens (including phenoxy) is 1. The lowest BCUT2D eigenvalue weighted by atomic mass is 10.0. The number of hydrogen-bond acceptors (Lipinski definition) is 6. The lowest BCUT2D eigenvalue weighted by Crippen LogP contribution is -2.27. The molecule has 9 heteroatoms. The Morgan fingerprint density at radius 1 is 1.09 bits per heavy atom. The van der Waals surface area contributed by atoms with E-state index in [1.54, 1.807) is 31.2 Å². The second-order valence-electron chi connectivity index (χ2n) is 7.46. The summed E-state index contributed by atoms with van der Waals surface area (Å²) >= 11 is 4.95. The second kappa shape index (κ2) is 10.3. The fourth-order valence-electron chi connectivity index (χ4n) is 3.62. The predicted molar refractivity (Wildman–Crippen MR) is 137 cm³/mol. The zero-order valence-corrected chi connectivity index (χ0v) is 21.0. The minimum atomic E-state index is -0.421. The normalized spacial score (nSPS) is 10.9. The SMILES string of the molecule is CCOC(=O)c1ccc(NC(=O)Cn2cnc3sc(CC)c(-c4ccc(Br)cc4)c3c2=O)cc1. The molecule has 1 N–H and O–H groups in total. The van der Waals surface area contributed by atoms with Gasteiger partial charge in [0.2, 0.25) is 5.91 Å². The average Bonchev–Trinajstić information content (AvgIpc) is 3.21. The first kappa shape index (κ1) is 23.8. The highest BCUT2D eigenvalue weighted by Crippen LogP contribution is 2.36. The number of carbonyl (C=O) groups is 2. The molecule has 34 heavy (non-hydrogen) atoms. The third kappa shape index (κ3) is 4.95. The van der Waals surface area contributed by atoms with Gasteiger partial charge in [-0.2, -0.15) is 0 Å². The van der Waals surface area contributed by atoms with Crippen molar-refractivity contribution >= 4 is 55.0 Å². The van der Waals surface area contributed by atoms with Gasteiger partial charge in [0.15, 0.2) is 0 Å². The molecule has 7 nitrogen and oxygen atoms in total. The van der Waals surface area contributed by atoms with Crippen molar-refractivity contribution in [1.29, 1.82) is 0 Å². The molecule has 0 saturated heterocycles. The second-order valence-corrected chi connectivity index (χ2v) is 9.46. The number of nitrogens with zero attached hydrogens (tertiary/aromatic N) is 2. The maximum Gasteiger partial charge on any atom is 0.338 e. The van der Waals surface area contributed by atoms with Crippen LogP contribution in [0.15, 0.2) is 64.1 Å². The van der Waals surface area contributed by atoms with Gasteiger partial charge in [0, 0.05) is 20.6 Å². The molecular formula is C25H22BrN3O4S. The summed E-state index contributed by atoms with van der Waals surface area (Å²) in [7, 11) is 0. The third-order valence-corrected chi connectivity index (χ3v) is 6.97. The molecular weight excluding hydrogens is 518 g/mol. The molecule has 0 radical (unpaired) electrons. The highest BCUT2D eigenvalue weighted by molar-refractivity contribution is 9.10. The lowest BCUT2D eigenvalue weighted by Gasteiger charge is -2.09. The van der Waals surface area contributed by atoms with Crippen LogP contribution in [0, 0.1) is 0 Å². The summed E-state index contributed by atoms with van der Waals surface area (Å²) in [5.41, 5.74) is 2.47. The van der Waals surface area contributed by atoms with Gasteiger partial charge in [0.1, 0.15) is 11.4 Å². The van der Waals surface area contributed by atoms with E-state index in [1.165, 1.54) is 22.2 Å². The van der Waals surface area contributed by atoms with Gasteiger partial charge in [-0.3, -0.25) is 14.2 Å². The number of anilines is 1. The van der Waals surface area contributed by atoms with E-state index in [0.29, 0.717) is 21.5 Å². The van der Waals surface area contributed by atoms with Crippen molar-refractivity contribution in [1.82, 2.24) is 9.55 Å². The summed E-state index contributed by atoms with van der Waals surface area (Å²) in [6, 6.07) is 14.2. The summed E-state index contributed by atoms with van der Waals surface area (Å²) in [4.78, 5) is 44.0. The molecule has 2 heterocycles. The van der Waals surface area contributed by atoms with Gasteiger partial charge in [-0.1, -0.05) is 35.0 Å². The Hall–Kier alpha value is -3.30. The Morgan fingerprint density at radius 3 is 2.44 bits per heavy atom. The fourth-order valence-corrected chi connectivity index (χ4v) is 4.97. The predicted octanol–water partition coefficient (Wildman–Crippen LogP) is 5.27. The van der Waals surface area contributed by atoms with Crippen molar-refractivity contribution in [2.75, 3.05) is 11.9 Å². The fraction of sp³-hybridized carbons (Fsp3) is 0.200. The zero-order chi connectivity index (χ0) is 24.2. The quantitative estimate of drug-likeness (QED) is 0.323. The highest BCUT2D eigenvalue weighted by Gasteiger charge is 2.19. The number of aromatic nitrogens is 2. The number of hydrogen-bond donors (Lipinski definition) is 1. The van der Waals surface area contributed by atoms with Crippen LogP contribution in [0.5, 0.6) is 0 Å². The molecule has 0 spiro atoms. The molecule has 0 bridgehead atoms. The first-order valence-electron chi connectivity index (χ1n) is 10.7. The Labute approximate surface area is 208 Å². The Bertz CT molecular complexity index is 1410. The lowest BCUT2D eigenvalue weighted by molar-refractivity contribution is -0.116. The van der Waals surface area contributed by atoms with Gasteiger partial charge < -0.3 is 10.1 Å². The summed E-state index contributed by atoms with van der Waals surface area (Å²) in [5.74, 6) is -0.793. The van der Waals surface area contributed by atoms with Crippen LogP contribution in [0.25, 0.3) is 21.3 Å². The first-order valence-corrected chi connectivity index (χ1v) is 12.4. The van der Waals surface area contributed by atoms with Crippen LogP contribution in [0.1, 0.15) is 29.1 Å². The van der Waals surface area contributed by atoms with E-state index >= 15 is 0 Å². The maximum absolute atomic E-state index is 13.4. The van der Waals surface area contributed by atoms with Crippen LogP contribution in [-0.2, 0) is 22.5 Å². The van der Waals surface area contributed by atoms with Crippen molar-refractivity contribution in [3.63, 3.8) is 0 Å². The zero-order valence-electron chi connectivity index (χ0n) is 18.6. The summed E-state index contributed by atoms with van der Waals surface area (Å²) in [6.45, 7) is 3.89. The van der Waals surface area contributed by atoms with Crippen LogP contribution in [0.2, 0.25) is 0 Å². The number of esters is 1. The Kier molecular flexibility index (Phi) is 7.23. The van der Waals surface area contributed by atoms with Gasteiger partial charge in [-0.25, -0.2) is 9.78 Å². The van der Waals surface area contributed by atoms with E-state index in [-0.39, 0.29) is 24.6 Å². The number of aryl methyl sites for hydroxylation is 1. The van der Waals surface area contributed by atoms with Gasteiger partial charge >= 0.3 is 5.97 Å². The molecule has 0 fully saturated rings. The number of fused-ring (bicyclic) bond motifs is 1. The van der Waals surface area contributed by atoms with Gasteiger partial charge in [-0.15, -0.1) is 11.3 Å². The molecule has 2 aromatic heterocycles. The molecule has 0 saturated carbocycles. The van der Waals surface area contributed by atoms with Crippen LogP contribution in [0.4, 0.5) is 5.69 Å². The van der Waals surface area contributed by atoms with Crippen LogP contribution >= 0.6 is 27.3 Å². The van der Waals surface area contributed by atoms with Crippen molar-refractivity contribution in [2.45, 2.75) is 26.8 Å². The van der Waals surface area contributed by atoms with Crippen molar-refractivity contribution in [3.05, 3.63) is 80.1 Å². The van der Waals surface area contributed by atoms with E-state index < -0.39 is 5.97 Å². The van der Waals surface area contributed by atoms with Gasteiger partial charge in [-0.05, 0) is 55.3 Å². The van der Waals surface area contributed by atoms with Crippen LogP contribution < -0.4 is 10.9 Å². The molecule has 0 atom stereocenters.